The van der Waals surface area contributed by atoms with E-state index in [1.54, 1.807) is 0 Å². The van der Waals surface area contributed by atoms with Gasteiger partial charge < -0.3 is 36.4 Å². The molecule has 0 amide bonds. The van der Waals surface area contributed by atoms with Gasteiger partial charge in [0.2, 0.25) is 0 Å². The van der Waals surface area contributed by atoms with E-state index in [2.05, 4.69) is 0 Å². The van der Waals surface area contributed by atoms with Crippen LogP contribution in [0, 0.1) is 0 Å². The molecule has 0 bridgehead atoms. The summed E-state index contributed by atoms with van der Waals surface area (Å²) in [4.78, 5) is 26.8. The van der Waals surface area contributed by atoms with Gasteiger partial charge in [-0.1, -0.05) is 0 Å². The number of aliphatic carboxylic acids is 3. The molecule has 0 saturated heterocycles. The molecule has 0 fully saturated rings. The van der Waals surface area contributed by atoms with Crippen LogP contribution in [0.25, 0.3) is 0 Å². The summed E-state index contributed by atoms with van der Waals surface area (Å²) in [5.74, 6) is -3.00. The fraction of sp³-hybridized carbons (Fsp3) is 0.625. The minimum Gasteiger partial charge on any atom is -0.550 e. The Bertz CT molecular complexity index is 150. The fourth-order valence-corrected chi connectivity index (χ4v) is 0. The second-order valence-electron chi connectivity index (χ2n) is 2.08. The predicted octanol–water partition coefficient (Wildman–Crippen LogP) is -9.48. The molecular formula is C8H18N2Na2O6. The van der Waals surface area contributed by atoms with E-state index in [0.29, 0.717) is 13.1 Å². The minimum atomic E-state index is -1.08. The third kappa shape index (κ3) is 2170. The van der Waals surface area contributed by atoms with E-state index >= 15 is 0 Å². The maximum Gasteiger partial charge on any atom is 1.00 e. The van der Waals surface area contributed by atoms with Crippen LogP contribution >= 0.6 is 0 Å². The molecule has 0 spiro atoms. The summed E-state index contributed by atoms with van der Waals surface area (Å²) in [5.41, 5.74) is 9.81. The summed E-state index contributed by atoms with van der Waals surface area (Å²) in [6.07, 6.45) is 0. The van der Waals surface area contributed by atoms with Crippen LogP contribution in [0.3, 0.4) is 0 Å². The average Bonchev–Trinajstić information content (AvgIpc) is 2.00. The Kier molecular flexibility index (Phi) is 72.4. The van der Waals surface area contributed by atoms with Gasteiger partial charge in [-0.05, 0) is 13.8 Å². The molecule has 0 saturated carbocycles. The fourth-order valence-electron chi connectivity index (χ4n) is 0. The molecule has 0 unspecified atom stereocenters. The molecule has 18 heavy (non-hydrogen) atoms. The molecular weight excluding hydrogens is 266 g/mol. The third-order valence-corrected chi connectivity index (χ3v) is 0.167. The van der Waals surface area contributed by atoms with Crippen LogP contribution < -0.4 is 80.8 Å². The maximum absolute atomic E-state index is 9.00. The van der Waals surface area contributed by atoms with Gasteiger partial charge in [-0.3, -0.25) is 4.79 Å². The van der Waals surface area contributed by atoms with E-state index in [-0.39, 0.29) is 59.1 Å². The molecule has 98 valence electrons. The third-order valence-electron chi connectivity index (χ3n) is 0.167. The summed E-state index contributed by atoms with van der Waals surface area (Å²) in [5, 5.41) is 25.2. The normalized spacial score (nSPS) is 5.83. The van der Waals surface area contributed by atoms with Gasteiger partial charge in [-0.2, -0.15) is 0 Å². The smallest absolute Gasteiger partial charge is 0.550 e. The van der Waals surface area contributed by atoms with Crippen LogP contribution in [0.2, 0.25) is 0 Å². The van der Waals surface area contributed by atoms with Crippen molar-refractivity contribution in [3.8, 4) is 0 Å². The van der Waals surface area contributed by atoms with Crippen molar-refractivity contribution in [2.24, 2.45) is 11.5 Å². The standard InChI is InChI=1S/C2H8N2.3C2H4O2.2Na/c3-1-2-4;3*1-2(3)4;;/h1-4H2;3*1H3,(H,3,4);;/q;;;;2*+1/p-2. The maximum atomic E-state index is 9.00. The first-order chi connectivity index (χ1) is 7.11. The molecule has 0 aliphatic heterocycles. The molecule has 0 aliphatic carbocycles. The van der Waals surface area contributed by atoms with Gasteiger partial charge in [0, 0.05) is 32.0 Å². The molecule has 0 atom stereocenters. The summed E-state index contributed by atoms with van der Waals surface area (Å²) >= 11 is 0. The van der Waals surface area contributed by atoms with Crippen LogP contribution in [0.1, 0.15) is 20.8 Å². The zero-order chi connectivity index (χ0) is 14.1. The van der Waals surface area contributed by atoms with Crippen molar-refractivity contribution in [1.82, 2.24) is 0 Å². The van der Waals surface area contributed by atoms with Crippen molar-refractivity contribution in [2.45, 2.75) is 20.8 Å². The van der Waals surface area contributed by atoms with Crippen molar-refractivity contribution in [2.75, 3.05) is 13.1 Å². The molecule has 0 aliphatic rings. The molecule has 0 rings (SSSR count). The van der Waals surface area contributed by atoms with Crippen molar-refractivity contribution in [3.63, 3.8) is 0 Å². The van der Waals surface area contributed by atoms with Crippen LogP contribution in [0.5, 0.6) is 0 Å². The number of carbonyl (C=O) groups excluding carboxylic acids is 2. The summed E-state index contributed by atoms with van der Waals surface area (Å²) in [6.45, 7) is 4.22. The van der Waals surface area contributed by atoms with Crippen LogP contribution in [0.4, 0.5) is 0 Å². The van der Waals surface area contributed by atoms with E-state index in [1.165, 1.54) is 0 Å². The summed E-state index contributed by atoms with van der Waals surface area (Å²) in [7, 11) is 0. The topological polar surface area (TPSA) is 170 Å². The number of carboxylic acid groups (broad SMARTS) is 3. The first kappa shape index (κ1) is 36.2. The largest absolute Gasteiger partial charge is 1.00 e. The Balaban J connectivity index is -0.0000000257. The van der Waals surface area contributed by atoms with E-state index in [4.69, 9.17) is 41.2 Å². The molecule has 0 aromatic rings. The average molecular weight is 284 g/mol. The van der Waals surface area contributed by atoms with Crippen molar-refractivity contribution < 1.29 is 88.8 Å². The number of hydrogen-bond donors (Lipinski definition) is 3. The summed E-state index contributed by atoms with van der Waals surface area (Å²) in [6, 6.07) is 0. The van der Waals surface area contributed by atoms with E-state index in [1.807, 2.05) is 0 Å². The number of hydrogen-bond acceptors (Lipinski definition) is 7. The van der Waals surface area contributed by atoms with Crippen molar-refractivity contribution >= 4 is 17.9 Å². The molecule has 0 heterocycles. The monoisotopic (exact) mass is 284 g/mol. The summed E-state index contributed by atoms with van der Waals surface area (Å²) < 4.78 is 0. The number of carbonyl (C=O) groups is 3. The van der Waals surface area contributed by atoms with Gasteiger partial charge in [-0.25, -0.2) is 0 Å². The molecule has 10 heteroatoms. The van der Waals surface area contributed by atoms with E-state index in [0.717, 1.165) is 20.8 Å². The zero-order valence-corrected chi connectivity index (χ0v) is 15.6. The zero-order valence-electron chi connectivity index (χ0n) is 11.6. The van der Waals surface area contributed by atoms with E-state index in [9.17, 15) is 0 Å². The Morgan fingerprint density at radius 1 is 0.889 bits per heavy atom. The Morgan fingerprint density at radius 2 is 0.944 bits per heavy atom. The SMILES string of the molecule is CC(=O)O.CC(=O)[O-].CC(=O)[O-].NCCN.[Na+].[Na+]. The van der Waals surface area contributed by atoms with Crippen molar-refractivity contribution in [3.05, 3.63) is 0 Å². The van der Waals surface area contributed by atoms with Gasteiger partial charge in [0.05, 0.1) is 0 Å². The number of nitrogens with two attached hydrogens (primary N) is 2. The number of carboxylic acids is 3. The first-order valence-corrected chi connectivity index (χ1v) is 4.06. The van der Waals surface area contributed by atoms with Gasteiger partial charge >= 0.3 is 59.1 Å². The van der Waals surface area contributed by atoms with Crippen molar-refractivity contribution in [1.29, 1.82) is 0 Å². The minimum absolute atomic E-state index is 0. The molecule has 0 aromatic carbocycles. The molecule has 0 radical (unpaired) electrons. The van der Waals surface area contributed by atoms with Gasteiger partial charge in [-0.15, -0.1) is 0 Å². The molecule has 5 N–H and O–H groups in total. The van der Waals surface area contributed by atoms with Crippen LogP contribution in [-0.4, -0.2) is 36.1 Å². The molecule has 0 aromatic heterocycles. The first-order valence-electron chi connectivity index (χ1n) is 4.06. The quantitative estimate of drug-likeness (QED) is 0.398. The van der Waals surface area contributed by atoms with Gasteiger partial charge in [0.15, 0.2) is 0 Å². The predicted molar refractivity (Wildman–Crippen MR) is 52.8 cm³/mol. The Labute approximate surface area is 151 Å². The second-order valence-corrected chi connectivity index (χ2v) is 2.08. The van der Waals surface area contributed by atoms with Crippen LogP contribution in [-0.2, 0) is 14.4 Å². The van der Waals surface area contributed by atoms with Gasteiger partial charge in [0.1, 0.15) is 0 Å². The van der Waals surface area contributed by atoms with Gasteiger partial charge in [0.25, 0.3) is 5.97 Å². The van der Waals surface area contributed by atoms with Crippen LogP contribution in [0.15, 0.2) is 0 Å². The second kappa shape index (κ2) is 36.0. The Morgan fingerprint density at radius 3 is 0.944 bits per heavy atom. The number of rotatable bonds is 1. The Hall–Kier alpha value is 0.330. The van der Waals surface area contributed by atoms with E-state index < -0.39 is 17.9 Å². The molecule has 8 nitrogen and oxygen atoms in total.